The molecule has 1 N–H and O–H groups in total. The summed E-state index contributed by atoms with van der Waals surface area (Å²) in [6.07, 6.45) is 9.55. The molecule has 1 fully saturated rings. The highest BCUT2D eigenvalue weighted by molar-refractivity contribution is 5.99. The van der Waals surface area contributed by atoms with Gasteiger partial charge in [0.15, 0.2) is 0 Å². The van der Waals surface area contributed by atoms with Gasteiger partial charge in [0.25, 0.3) is 11.8 Å². The van der Waals surface area contributed by atoms with Crippen LogP contribution in [-0.2, 0) is 0 Å². The van der Waals surface area contributed by atoms with Crippen molar-refractivity contribution in [2.24, 2.45) is 0 Å². The zero-order valence-electron chi connectivity index (χ0n) is 13.3. The number of carbonyl (C=O) groups is 2. The Hall–Kier alpha value is -1.91. The number of unbranched alkanes of at least 4 members (excludes halogenated alkanes) is 2. The Labute approximate surface area is 132 Å². The van der Waals surface area contributed by atoms with E-state index < -0.39 is 0 Å². The summed E-state index contributed by atoms with van der Waals surface area (Å²) in [7, 11) is 0. The van der Waals surface area contributed by atoms with E-state index in [0.717, 1.165) is 45.2 Å². The Morgan fingerprint density at radius 2 is 1.86 bits per heavy atom. The van der Waals surface area contributed by atoms with Crippen molar-refractivity contribution in [1.82, 2.24) is 15.2 Å². The highest BCUT2D eigenvalue weighted by Crippen LogP contribution is 2.13. The first-order chi connectivity index (χ1) is 10.7. The predicted molar refractivity (Wildman–Crippen MR) is 85.8 cm³/mol. The van der Waals surface area contributed by atoms with Crippen molar-refractivity contribution in [2.75, 3.05) is 19.6 Å². The zero-order valence-corrected chi connectivity index (χ0v) is 13.3. The highest BCUT2D eigenvalue weighted by Gasteiger charge is 2.19. The third kappa shape index (κ3) is 4.55. The molecule has 2 heterocycles. The van der Waals surface area contributed by atoms with Gasteiger partial charge in [0.2, 0.25) is 0 Å². The van der Waals surface area contributed by atoms with Crippen molar-refractivity contribution < 1.29 is 9.59 Å². The van der Waals surface area contributed by atoms with Crippen LogP contribution in [-0.4, -0.2) is 41.3 Å². The first-order valence-corrected chi connectivity index (χ1v) is 8.25. The molecule has 1 aliphatic heterocycles. The molecule has 2 amide bonds. The number of nitrogens with one attached hydrogen (secondary N) is 1. The second-order valence-corrected chi connectivity index (χ2v) is 5.78. The normalized spacial score (nSPS) is 14.7. The molecule has 1 aromatic heterocycles. The minimum absolute atomic E-state index is 0.0205. The number of carbonyl (C=O) groups excluding carboxylic acids is 2. The fraction of sp³-hybridized carbons (Fsp3) is 0.588. The lowest BCUT2D eigenvalue weighted by Gasteiger charge is -2.26. The summed E-state index contributed by atoms with van der Waals surface area (Å²) in [4.78, 5) is 30.4. The summed E-state index contributed by atoms with van der Waals surface area (Å²) in [5, 5.41) is 2.88. The summed E-state index contributed by atoms with van der Waals surface area (Å²) in [5.74, 6) is -0.176. The van der Waals surface area contributed by atoms with Crippen molar-refractivity contribution in [3.63, 3.8) is 0 Å². The Kier molecular flexibility index (Phi) is 6.37. The fourth-order valence-electron chi connectivity index (χ4n) is 2.64. The Morgan fingerprint density at radius 1 is 1.14 bits per heavy atom. The lowest BCUT2D eigenvalue weighted by atomic mass is 10.1. The summed E-state index contributed by atoms with van der Waals surface area (Å²) in [6.45, 7) is 4.39. The molecule has 0 unspecified atom stereocenters. The largest absolute Gasteiger partial charge is 0.352 e. The molecule has 1 aromatic rings. The van der Waals surface area contributed by atoms with Crippen molar-refractivity contribution in [3.8, 4) is 0 Å². The van der Waals surface area contributed by atoms with Gasteiger partial charge in [0.05, 0.1) is 11.1 Å². The number of pyridine rings is 1. The van der Waals surface area contributed by atoms with Gasteiger partial charge < -0.3 is 10.2 Å². The van der Waals surface area contributed by atoms with Crippen LogP contribution >= 0.6 is 0 Å². The van der Waals surface area contributed by atoms with Gasteiger partial charge in [0.1, 0.15) is 0 Å². The molecular formula is C17H25N3O2. The molecule has 0 aromatic carbocycles. The Balaban J connectivity index is 1.96. The fourth-order valence-corrected chi connectivity index (χ4v) is 2.64. The maximum absolute atomic E-state index is 12.4. The van der Waals surface area contributed by atoms with Crippen LogP contribution in [0.5, 0.6) is 0 Å². The lowest BCUT2D eigenvalue weighted by molar-refractivity contribution is 0.0724. The number of amides is 2. The second kappa shape index (κ2) is 8.51. The summed E-state index contributed by atoms with van der Waals surface area (Å²) in [6, 6.07) is 1.65. The van der Waals surface area contributed by atoms with Gasteiger partial charge in [-0.1, -0.05) is 19.8 Å². The summed E-state index contributed by atoms with van der Waals surface area (Å²) < 4.78 is 0. The highest BCUT2D eigenvalue weighted by atomic mass is 16.2. The number of nitrogens with zero attached hydrogens (tertiary/aromatic N) is 2. The van der Waals surface area contributed by atoms with Crippen molar-refractivity contribution in [3.05, 3.63) is 29.6 Å². The van der Waals surface area contributed by atoms with Crippen LogP contribution in [0.2, 0.25) is 0 Å². The van der Waals surface area contributed by atoms with Crippen molar-refractivity contribution in [2.45, 2.75) is 45.4 Å². The Bertz CT molecular complexity index is 510. The van der Waals surface area contributed by atoms with Crippen LogP contribution in [0.4, 0.5) is 0 Å². The number of rotatable bonds is 6. The molecule has 120 valence electrons. The monoisotopic (exact) mass is 303 g/mol. The first kappa shape index (κ1) is 16.5. The third-order valence-electron chi connectivity index (χ3n) is 3.96. The first-order valence-electron chi connectivity index (χ1n) is 8.25. The van der Waals surface area contributed by atoms with Gasteiger partial charge in [-0.2, -0.15) is 0 Å². The number of hydrogen-bond acceptors (Lipinski definition) is 3. The van der Waals surface area contributed by atoms with Gasteiger partial charge in [-0.05, 0) is 31.7 Å². The molecule has 0 aliphatic carbocycles. The molecule has 0 atom stereocenters. The topological polar surface area (TPSA) is 62.3 Å². The molecule has 0 spiro atoms. The second-order valence-electron chi connectivity index (χ2n) is 5.78. The van der Waals surface area contributed by atoms with Crippen molar-refractivity contribution in [1.29, 1.82) is 0 Å². The van der Waals surface area contributed by atoms with Crippen LogP contribution in [0.1, 0.15) is 66.2 Å². The van der Waals surface area contributed by atoms with Crippen LogP contribution in [0.25, 0.3) is 0 Å². The molecule has 1 aliphatic rings. The third-order valence-corrected chi connectivity index (χ3v) is 3.96. The smallest absolute Gasteiger partial charge is 0.255 e. The van der Waals surface area contributed by atoms with Gasteiger partial charge in [0, 0.05) is 32.0 Å². The van der Waals surface area contributed by atoms with E-state index in [-0.39, 0.29) is 11.8 Å². The lowest BCUT2D eigenvalue weighted by Crippen LogP contribution is -2.35. The van der Waals surface area contributed by atoms with Gasteiger partial charge >= 0.3 is 0 Å². The molecule has 1 saturated heterocycles. The van der Waals surface area contributed by atoms with Crippen LogP contribution in [0, 0.1) is 0 Å². The molecule has 0 radical (unpaired) electrons. The van der Waals surface area contributed by atoms with Gasteiger partial charge in [-0.25, -0.2) is 0 Å². The Morgan fingerprint density at radius 3 is 2.59 bits per heavy atom. The SMILES string of the molecule is CCCCCNC(=O)c1cncc(C(=O)N2CCCCC2)c1. The predicted octanol–water partition coefficient (Wildman–Crippen LogP) is 2.63. The zero-order chi connectivity index (χ0) is 15.8. The van der Waals surface area contributed by atoms with E-state index in [2.05, 4.69) is 17.2 Å². The van der Waals surface area contributed by atoms with Gasteiger partial charge in [-0.3, -0.25) is 14.6 Å². The molecular weight excluding hydrogens is 278 g/mol. The van der Waals surface area contributed by atoms with E-state index in [1.165, 1.54) is 12.6 Å². The van der Waals surface area contributed by atoms with E-state index >= 15 is 0 Å². The minimum atomic E-state index is -0.156. The maximum Gasteiger partial charge on any atom is 0.255 e. The van der Waals surface area contributed by atoms with E-state index in [0.29, 0.717) is 17.7 Å². The van der Waals surface area contributed by atoms with Crippen LogP contribution in [0.15, 0.2) is 18.5 Å². The summed E-state index contributed by atoms with van der Waals surface area (Å²) in [5.41, 5.74) is 0.961. The molecule has 2 rings (SSSR count). The quantitative estimate of drug-likeness (QED) is 0.822. The molecule has 5 nitrogen and oxygen atoms in total. The number of aromatic nitrogens is 1. The van der Waals surface area contributed by atoms with Gasteiger partial charge in [-0.15, -0.1) is 0 Å². The van der Waals surface area contributed by atoms with Crippen LogP contribution in [0.3, 0.4) is 0 Å². The number of likely N-dealkylation sites (tertiary alicyclic amines) is 1. The van der Waals surface area contributed by atoms with Crippen LogP contribution < -0.4 is 5.32 Å². The number of piperidine rings is 1. The minimum Gasteiger partial charge on any atom is -0.352 e. The van der Waals surface area contributed by atoms with E-state index in [4.69, 9.17) is 0 Å². The van der Waals surface area contributed by atoms with E-state index in [1.54, 1.807) is 12.3 Å². The molecule has 5 heteroatoms. The maximum atomic E-state index is 12.4. The molecule has 22 heavy (non-hydrogen) atoms. The number of hydrogen-bond donors (Lipinski definition) is 1. The standard InChI is InChI=1S/C17H25N3O2/c1-2-3-5-8-19-16(21)14-11-15(13-18-12-14)17(22)20-9-6-4-7-10-20/h11-13H,2-10H2,1H3,(H,19,21). The van der Waals surface area contributed by atoms with Crippen molar-refractivity contribution >= 4 is 11.8 Å². The van der Waals surface area contributed by atoms with E-state index in [1.807, 2.05) is 4.90 Å². The molecule has 0 bridgehead atoms. The average molecular weight is 303 g/mol. The molecule has 0 saturated carbocycles. The average Bonchev–Trinajstić information content (AvgIpc) is 2.59. The van der Waals surface area contributed by atoms with E-state index in [9.17, 15) is 9.59 Å². The summed E-state index contributed by atoms with van der Waals surface area (Å²) >= 11 is 0.